The Balaban J connectivity index is 1.45. The topological polar surface area (TPSA) is 84.5 Å². The smallest absolute Gasteiger partial charge is 0.337 e. The lowest BCUT2D eigenvalue weighted by atomic mass is 9.81. The van der Waals surface area contributed by atoms with Crippen molar-refractivity contribution in [2.24, 2.45) is 11.8 Å². The Hall–Kier alpha value is -2.37. The average Bonchev–Trinajstić information content (AvgIpc) is 3.21. The van der Waals surface area contributed by atoms with Gasteiger partial charge in [-0.15, -0.1) is 0 Å². The van der Waals surface area contributed by atoms with Crippen LogP contribution in [0.15, 0.2) is 24.3 Å². The zero-order chi connectivity index (χ0) is 19.2. The van der Waals surface area contributed by atoms with Gasteiger partial charge in [0.15, 0.2) is 0 Å². The first kappa shape index (κ1) is 19.4. The van der Waals surface area contributed by atoms with Crippen LogP contribution < -0.4 is 10.6 Å². The molecule has 6 heteroatoms. The highest BCUT2D eigenvalue weighted by atomic mass is 16.5. The van der Waals surface area contributed by atoms with Crippen molar-refractivity contribution in [2.45, 2.75) is 57.4 Å². The molecule has 0 bridgehead atoms. The second-order valence-electron chi connectivity index (χ2n) is 7.60. The average molecular weight is 372 g/mol. The van der Waals surface area contributed by atoms with Gasteiger partial charge in [0, 0.05) is 23.6 Å². The highest BCUT2D eigenvalue weighted by molar-refractivity contribution is 5.94. The molecule has 27 heavy (non-hydrogen) atoms. The highest BCUT2D eigenvalue weighted by Crippen LogP contribution is 2.30. The molecule has 0 spiro atoms. The molecule has 0 aromatic heterocycles. The van der Waals surface area contributed by atoms with E-state index in [9.17, 15) is 14.4 Å². The van der Waals surface area contributed by atoms with Crippen molar-refractivity contribution in [1.82, 2.24) is 5.32 Å². The van der Waals surface area contributed by atoms with Crippen LogP contribution in [0.25, 0.3) is 0 Å². The Bertz CT molecular complexity index is 672. The van der Waals surface area contributed by atoms with E-state index in [1.54, 1.807) is 24.3 Å². The fourth-order valence-corrected chi connectivity index (χ4v) is 4.06. The van der Waals surface area contributed by atoms with E-state index in [0.29, 0.717) is 17.3 Å². The number of esters is 1. The van der Waals surface area contributed by atoms with Crippen LogP contribution >= 0.6 is 0 Å². The number of amides is 2. The predicted octanol–water partition coefficient (Wildman–Crippen LogP) is 3.28. The molecule has 0 aliphatic heterocycles. The predicted molar refractivity (Wildman–Crippen MR) is 102 cm³/mol. The summed E-state index contributed by atoms with van der Waals surface area (Å²) in [6, 6.07) is 7.01. The van der Waals surface area contributed by atoms with E-state index in [2.05, 4.69) is 15.4 Å². The summed E-state index contributed by atoms with van der Waals surface area (Å²) in [6.07, 6.45) is 7.59. The molecule has 1 aromatic carbocycles. The van der Waals surface area contributed by atoms with Gasteiger partial charge in [0.1, 0.15) is 0 Å². The molecule has 2 aliphatic carbocycles. The maximum absolute atomic E-state index is 12.5. The number of methoxy groups -OCH3 is 1. The van der Waals surface area contributed by atoms with Crippen molar-refractivity contribution < 1.29 is 19.1 Å². The third kappa shape index (κ3) is 5.08. The quantitative estimate of drug-likeness (QED) is 0.777. The van der Waals surface area contributed by atoms with Crippen molar-refractivity contribution in [3.05, 3.63) is 29.8 Å². The van der Waals surface area contributed by atoms with Crippen LogP contribution in [0.4, 0.5) is 5.69 Å². The number of carbonyl (C=O) groups is 3. The van der Waals surface area contributed by atoms with Gasteiger partial charge in [-0.2, -0.15) is 0 Å². The molecular formula is C21H28N2O4. The molecular weight excluding hydrogens is 344 g/mol. The van der Waals surface area contributed by atoms with Gasteiger partial charge < -0.3 is 15.4 Å². The SMILES string of the molecule is COC(=O)c1ccc(NC(=O)C2CCC(C(=O)NC3CCCC3)CC2)cc1. The molecule has 2 aliphatic rings. The lowest BCUT2D eigenvalue weighted by molar-refractivity contribution is -0.129. The van der Waals surface area contributed by atoms with Crippen molar-refractivity contribution in [3.63, 3.8) is 0 Å². The van der Waals surface area contributed by atoms with Crippen molar-refractivity contribution in [1.29, 1.82) is 0 Å². The molecule has 0 saturated heterocycles. The first-order chi connectivity index (χ1) is 13.1. The number of benzene rings is 1. The minimum atomic E-state index is -0.401. The molecule has 2 fully saturated rings. The number of rotatable bonds is 5. The number of ether oxygens (including phenoxy) is 1. The summed E-state index contributed by atoms with van der Waals surface area (Å²) in [5.41, 5.74) is 1.11. The number of hydrogen-bond acceptors (Lipinski definition) is 4. The van der Waals surface area contributed by atoms with E-state index in [1.807, 2.05) is 0 Å². The van der Waals surface area contributed by atoms with Gasteiger partial charge in [0.05, 0.1) is 12.7 Å². The van der Waals surface area contributed by atoms with Crippen molar-refractivity contribution >= 4 is 23.5 Å². The molecule has 0 radical (unpaired) electrons. The first-order valence-electron chi connectivity index (χ1n) is 9.86. The molecule has 0 atom stereocenters. The van der Waals surface area contributed by atoms with Crippen molar-refractivity contribution in [3.8, 4) is 0 Å². The zero-order valence-corrected chi connectivity index (χ0v) is 15.8. The minimum Gasteiger partial charge on any atom is -0.465 e. The van der Waals surface area contributed by atoms with Gasteiger partial charge in [-0.25, -0.2) is 4.79 Å². The van der Waals surface area contributed by atoms with Crippen LogP contribution in [0.2, 0.25) is 0 Å². The van der Waals surface area contributed by atoms with Gasteiger partial charge in [-0.1, -0.05) is 12.8 Å². The molecule has 2 amide bonds. The fourth-order valence-electron chi connectivity index (χ4n) is 4.06. The summed E-state index contributed by atoms with van der Waals surface area (Å²) in [4.78, 5) is 36.3. The van der Waals surface area contributed by atoms with Crippen LogP contribution in [-0.4, -0.2) is 30.9 Å². The van der Waals surface area contributed by atoms with E-state index in [1.165, 1.54) is 20.0 Å². The zero-order valence-electron chi connectivity index (χ0n) is 15.8. The third-order valence-corrected chi connectivity index (χ3v) is 5.74. The van der Waals surface area contributed by atoms with E-state index >= 15 is 0 Å². The monoisotopic (exact) mass is 372 g/mol. The third-order valence-electron chi connectivity index (χ3n) is 5.74. The van der Waals surface area contributed by atoms with Crippen LogP contribution in [0.1, 0.15) is 61.7 Å². The molecule has 3 rings (SSSR count). The van der Waals surface area contributed by atoms with Crippen LogP contribution in [0.3, 0.4) is 0 Å². The van der Waals surface area contributed by atoms with Gasteiger partial charge in [-0.3, -0.25) is 9.59 Å². The normalized spacial score (nSPS) is 22.9. The minimum absolute atomic E-state index is 0.0181. The molecule has 146 valence electrons. The molecule has 6 nitrogen and oxygen atoms in total. The summed E-state index contributed by atoms with van der Waals surface area (Å²) in [5, 5.41) is 6.08. The van der Waals surface area contributed by atoms with E-state index in [4.69, 9.17) is 0 Å². The maximum Gasteiger partial charge on any atom is 0.337 e. The number of nitrogens with one attached hydrogen (secondary N) is 2. The van der Waals surface area contributed by atoms with E-state index in [0.717, 1.165) is 38.5 Å². The van der Waals surface area contributed by atoms with Gasteiger partial charge in [0.25, 0.3) is 0 Å². The Labute approximate surface area is 160 Å². The maximum atomic E-state index is 12.5. The Morgan fingerprint density at radius 1 is 0.852 bits per heavy atom. The molecule has 0 heterocycles. The highest BCUT2D eigenvalue weighted by Gasteiger charge is 2.31. The Morgan fingerprint density at radius 2 is 1.41 bits per heavy atom. The second kappa shape index (κ2) is 9.02. The summed E-state index contributed by atoms with van der Waals surface area (Å²) in [7, 11) is 1.34. The first-order valence-corrected chi connectivity index (χ1v) is 9.86. The van der Waals surface area contributed by atoms with Crippen LogP contribution in [0, 0.1) is 11.8 Å². The summed E-state index contributed by atoms with van der Waals surface area (Å²) in [5.74, 6) is -0.286. The second-order valence-corrected chi connectivity index (χ2v) is 7.60. The van der Waals surface area contributed by atoms with Gasteiger partial charge >= 0.3 is 5.97 Å². The van der Waals surface area contributed by atoms with E-state index in [-0.39, 0.29) is 23.7 Å². The largest absolute Gasteiger partial charge is 0.465 e. The lowest BCUT2D eigenvalue weighted by Crippen LogP contribution is -2.39. The lowest BCUT2D eigenvalue weighted by Gasteiger charge is -2.28. The number of carbonyl (C=O) groups excluding carboxylic acids is 3. The van der Waals surface area contributed by atoms with Gasteiger partial charge in [-0.05, 0) is 62.8 Å². The molecule has 2 N–H and O–H groups in total. The molecule has 0 unspecified atom stereocenters. The van der Waals surface area contributed by atoms with Crippen LogP contribution in [-0.2, 0) is 14.3 Å². The summed E-state index contributed by atoms with van der Waals surface area (Å²) < 4.78 is 4.66. The Morgan fingerprint density at radius 3 is 1.96 bits per heavy atom. The van der Waals surface area contributed by atoms with E-state index < -0.39 is 5.97 Å². The number of hydrogen-bond donors (Lipinski definition) is 2. The van der Waals surface area contributed by atoms with Crippen molar-refractivity contribution in [2.75, 3.05) is 12.4 Å². The van der Waals surface area contributed by atoms with Gasteiger partial charge in [0.2, 0.25) is 11.8 Å². The standard InChI is InChI=1S/C21H28N2O4/c1-27-21(26)16-10-12-18(13-11-16)23-20(25)15-8-6-14(7-9-15)19(24)22-17-4-2-3-5-17/h10-15,17H,2-9H2,1H3,(H,22,24)(H,23,25). The summed E-state index contributed by atoms with van der Waals surface area (Å²) in [6.45, 7) is 0. The fraction of sp³-hybridized carbons (Fsp3) is 0.571. The molecule has 2 saturated carbocycles. The Kier molecular flexibility index (Phi) is 6.48. The number of anilines is 1. The van der Waals surface area contributed by atoms with Crippen LogP contribution in [0.5, 0.6) is 0 Å². The molecule has 1 aromatic rings. The summed E-state index contributed by atoms with van der Waals surface area (Å²) >= 11 is 0.